The number of aromatic nitrogens is 2. The molecule has 4 heteroatoms. The molecule has 0 radical (unpaired) electrons. The Labute approximate surface area is 89.7 Å². The van der Waals surface area contributed by atoms with Gasteiger partial charge in [0.2, 0.25) is 0 Å². The Kier molecular flexibility index (Phi) is 3.16. The summed E-state index contributed by atoms with van der Waals surface area (Å²) in [6, 6.07) is -0.152. The first-order chi connectivity index (χ1) is 7.31. The molecule has 1 atom stereocenters. The smallest absolute Gasteiger partial charge is 0.144 e. The van der Waals surface area contributed by atoms with Crippen molar-refractivity contribution in [1.29, 1.82) is 0 Å². The van der Waals surface area contributed by atoms with Gasteiger partial charge in [0.25, 0.3) is 0 Å². The van der Waals surface area contributed by atoms with E-state index in [9.17, 15) is 4.79 Å². The number of nitrogens with one attached hydrogen (secondary N) is 1. The SMILES string of the molecule is CC(C=O)n1cc(C2CCNCC2)cn1. The van der Waals surface area contributed by atoms with Gasteiger partial charge in [-0.15, -0.1) is 0 Å². The summed E-state index contributed by atoms with van der Waals surface area (Å²) in [7, 11) is 0. The molecule has 0 aliphatic carbocycles. The Balaban J connectivity index is 2.08. The van der Waals surface area contributed by atoms with Gasteiger partial charge in [-0.3, -0.25) is 4.68 Å². The molecule has 1 aromatic heterocycles. The number of rotatable bonds is 3. The van der Waals surface area contributed by atoms with E-state index in [1.54, 1.807) is 4.68 Å². The van der Waals surface area contributed by atoms with Crippen LogP contribution in [0.15, 0.2) is 12.4 Å². The number of piperidine rings is 1. The highest BCUT2D eigenvalue weighted by Gasteiger charge is 2.17. The molecule has 1 aromatic rings. The Hall–Kier alpha value is -1.16. The van der Waals surface area contributed by atoms with E-state index in [0.717, 1.165) is 19.4 Å². The standard InChI is InChI=1S/C11H17N3O/c1-9(8-15)14-7-11(6-13-14)10-2-4-12-5-3-10/h6-10,12H,2-5H2,1H3. The number of aldehydes is 1. The lowest BCUT2D eigenvalue weighted by atomic mass is 9.93. The maximum Gasteiger partial charge on any atom is 0.144 e. The van der Waals surface area contributed by atoms with Crippen molar-refractivity contribution in [2.45, 2.75) is 31.7 Å². The van der Waals surface area contributed by atoms with Gasteiger partial charge in [0.05, 0.1) is 6.20 Å². The zero-order chi connectivity index (χ0) is 10.7. The van der Waals surface area contributed by atoms with Gasteiger partial charge >= 0.3 is 0 Å². The van der Waals surface area contributed by atoms with Gasteiger partial charge in [-0.05, 0) is 44.3 Å². The van der Waals surface area contributed by atoms with Crippen molar-refractivity contribution < 1.29 is 4.79 Å². The van der Waals surface area contributed by atoms with E-state index >= 15 is 0 Å². The molecule has 1 fully saturated rings. The number of nitrogens with zero attached hydrogens (tertiary/aromatic N) is 2. The van der Waals surface area contributed by atoms with E-state index in [-0.39, 0.29) is 6.04 Å². The monoisotopic (exact) mass is 207 g/mol. The second-order valence-corrected chi connectivity index (χ2v) is 4.15. The fourth-order valence-electron chi connectivity index (χ4n) is 2.00. The van der Waals surface area contributed by atoms with Gasteiger partial charge < -0.3 is 10.1 Å². The van der Waals surface area contributed by atoms with Crippen molar-refractivity contribution in [3.05, 3.63) is 18.0 Å². The maximum atomic E-state index is 10.6. The number of carbonyl (C=O) groups excluding carboxylic acids is 1. The van der Waals surface area contributed by atoms with E-state index < -0.39 is 0 Å². The van der Waals surface area contributed by atoms with Crippen LogP contribution in [0.1, 0.15) is 37.3 Å². The van der Waals surface area contributed by atoms with Crippen molar-refractivity contribution in [2.75, 3.05) is 13.1 Å². The van der Waals surface area contributed by atoms with Crippen LogP contribution < -0.4 is 5.32 Å². The molecule has 1 aliphatic heterocycles. The van der Waals surface area contributed by atoms with Gasteiger partial charge in [-0.25, -0.2) is 0 Å². The molecular weight excluding hydrogens is 190 g/mol. The van der Waals surface area contributed by atoms with Crippen LogP contribution in [-0.2, 0) is 4.79 Å². The fourth-order valence-corrected chi connectivity index (χ4v) is 2.00. The molecule has 1 saturated heterocycles. The lowest BCUT2D eigenvalue weighted by Gasteiger charge is -2.21. The highest BCUT2D eigenvalue weighted by Crippen LogP contribution is 2.24. The van der Waals surface area contributed by atoms with Crippen LogP contribution in [-0.4, -0.2) is 29.2 Å². The minimum absolute atomic E-state index is 0.152. The molecule has 2 heterocycles. The molecule has 0 amide bonds. The molecule has 15 heavy (non-hydrogen) atoms. The molecule has 2 rings (SSSR count). The lowest BCUT2D eigenvalue weighted by Crippen LogP contribution is -2.26. The summed E-state index contributed by atoms with van der Waals surface area (Å²) in [6.45, 7) is 4.02. The van der Waals surface area contributed by atoms with Crippen molar-refractivity contribution in [1.82, 2.24) is 15.1 Å². The van der Waals surface area contributed by atoms with Crippen molar-refractivity contribution in [2.24, 2.45) is 0 Å². The average molecular weight is 207 g/mol. The summed E-state index contributed by atoms with van der Waals surface area (Å²) in [5, 5.41) is 7.57. The zero-order valence-electron chi connectivity index (χ0n) is 9.02. The molecule has 4 nitrogen and oxygen atoms in total. The quantitative estimate of drug-likeness (QED) is 0.755. The largest absolute Gasteiger partial charge is 0.317 e. The van der Waals surface area contributed by atoms with Crippen LogP contribution in [0.3, 0.4) is 0 Å². The van der Waals surface area contributed by atoms with Crippen molar-refractivity contribution in [3.63, 3.8) is 0 Å². The first kappa shape index (κ1) is 10.4. The first-order valence-electron chi connectivity index (χ1n) is 5.51. The molecule has 0 saturated carbocycles. The Bertz CT molecular complexity index is 328. The zero-order valence-corrected chi connectivity index (χ0v) is 9.02. The third-order valence-electron chi connectivity index (χ3n) is 3.05. The van der Waals surface area contributed by atoms with Crippen LogP contribution in [0.2, 0.25) is 0 Å². The number of hydrogen-bond donors (Lipinski definition) is 1. The Morgan fingerprint density at radius 3 is 3.00 bits per heavy atom. The van der Waals surface area contributed by atoms with E-state index in [2.05, 4.69) is 10.4 Å². The summed E-state index contributed by atoms with van der Waals surface area (Å²) in [4.78, 5) is 10.6. The second kappa shape index (κ2) is 4.57. The molecular formula is C11H17N3O. The summed E-state index contributed by atoms with van der Waals surface area (Å²) in [5.41, 5.74) is 1.27. The van der Waals surface area contributed by atoms with Gasteiger partial charge in [-0.1, -0.05) is 0 Å². The first-order valence-corrected chi connectivity index (χ1v) is 5.51. The Morgan fingerprint density at radius 1 is 1.60 bits per heavy atom. The molecule has 0 bridgehead atoms. The van der Waals surface area contributed by atoms with E-state index in [1.165, 1.54) is 18.4 Å². The predicted molar refractivity (Wildman–Crippen MR) is 57.8 cm³/mol. The fraction of sp³-hybridized carbons (Fsp3) is 0.636. The van der Waals surface area contributed by atoms with Crippen LogP contribution in [0, 0.1) is 0 Å². The maximum absolute atomic E-state index is 10.6. The van der Waals surface area contributed by atoms with Gasteiger partial charge in [0, 0.05) is 6.20 Å². The third kappa shape index (κ3) is 2.26. The molecule has 82 valence electrons. The molecule has 0 spiro atoms. The van der Waals surface area contributed by atoms with E-state index in [4.69, 9.17) is 0 Å². The minimum atomic E-state index is -0.152. The lowest BCUT2D eigenvalue weighted by molar-refractivity contribution is -0.110. The van der Waals surface area contributed by atoms with Crippen LogP contribution >= 0.6 is 0 Å². The second-order valence-electron chi connectivity index (χ2n) is 4.15. The van der Waals surface area contributed by atoms with Crippen molar-refractivity contribution >= 4 is 6.29 Å². The van der Waals surface area contributed by atoms with E-state index in [0.29, 0.717) is 5.92 Å². The molecule has 1 unspecified atom stereocenters. The number of hydrogen-bond acceptors (Lipinski definition) is 3. The highest BCUT2D eigenvalue weighted by atomic mass is 16.1. The van der Waals surface area contributed by atoms with Crippen LogP contribution in [0.5, 0.6) is 0 Å². The molecule has 0 aromatic carbocycles. The highest BCUT2D eigenvalue weighted by molar-refractivity contribution is 5.54. The summed E-state index contributed by atoms with van der Waals surface area (Å²) < 4.78 is 1.74. The molecule has 1 aliphatic rings. The normalized spacial score (nSPS) is 20.1. The van der Waals surface area contributed by atoms with Gasteiger partial charge in [-0.2, -0.15) is 5.10 Å². The van der Waals surface area contributed by atoms with Crippen LogP contribution in [0.25, 0.3) is 0 Å². The van der Waals surface area contributed by atoms with Gasteiger partial charge in [0.15, 0.2) is 0 Å². The molecule has 1 N–H and O–H groups in total. The van der Waals surface area contributed by atoms with Crippen molar-refractivity contribution in [3.8, 4) is 0 Å². The number of carbonyl (C=O) groups is 1. The predicted octanol–water partition coefficient (Wildman–Crippen LogP) is 1.11. The average Bonchev–Trinajstić information content (AvgIpc) is 2.78. The minimum Gasteiger partial charge on any atom is -0.317 e. The van der Waals surface area contributed by atoms with E-state index in [1.807, 2.05) is 19.3 Å². The topological polar surface area (TPSA) is 46.9 Å². The van der Waals surface area contributed by atoms with Gasteiger partial charge in [0.1, 0.15) is 12.3 Å². The summed E-state index contributed by atoms with van der Waals surface area (Å²) in [5.74, 6) is 0.610. The third-order valence-corrected chi connectivity index (χ3v) is 3.05. The summed E-state index contributed by atoms with van der Waals surface area (Å²) in [6.07, 6.45) is 7.16. The summed E-state index contributed by atoms with van der Waals surface area (Å²) >= 11 is 0. The van der Waals surface area contributed by atoms with Crippen LogP contribution in [0.4, 0.5) is 0 Å². The Morgan fingerprint density at radius 2 is 2.33 bits per heavy atom.